The second kappa shape index (κ2) is 10.0. The molecule has 3 aromatic rings. The highest BCUT2D eigenvalue weighted by atomic mass is 19.3. The van der Waals surface area contributed by atoms with Crippen molar-refractivity contribution < 1.29 is 13.6 Å². The number of aromatic nitrogens is 3. The number of benzene rings is 1. The molecule has 8 heteroatoms. The fraction of sp³-hybridized carbons (Fsp3) is 0.519. The van der Waals surface area contributed by atoms with Crippen LogP contribution in [0.15, 0.2) is 36.7 Å². The minimum Gasteiger partial charge on any atom is -0.314 e. The first kappa shape index (κ1) is 23.9. The molecule has 1 saturated carbocycles. The Balaban J connectivity index is 1.32. The highest BCUT2D eigenvalue weighted by Gasteiger charge is 2.37. The molecule has 2 N–H and O–H groups in total. The average molecular weight is 482 g/mol. The molecule has 2 aromatic heterocycles. The summed E-state index contributed by atoms with van der Waals surface area (Å²) in [6.45, 7) is 1.10. The Kier molecular flexibility index (Phi) is 6.82. The zero-order valence-electron chi connectivity index (χ0n) is 20.2. The van der Waals surface area contributed by atoms with Gasteiger partial charge in [0, 0.05) is 54.7 Å². The van der Waals surface area contributed by atoms with E-state index in [4.69, 9.17) is 0 Å². The number of hydrogen-bond acceptors (Lipinski definition) is 4. The van der Waals surface area contributed by atoms with Gasteiger partial charge in [-0.1, -0.05) is 18.6 Å². The van der Waals surface area contributed by atoms with Crippen LogP contribution in [0.3, 0.4) is 0 Å². The predicted octanol–water partition coefficient (Wildman–Crippen LogP) is 5.47. The molecule has 35 heavy (non-hydrogen) atoms. The maximum atomic E-state index is 13.4. The van der Waals surface area contributed by atoms with Crippen molar-refractivity contribution in [3.63, 3.8) is 0 Å². The van der Waals surface area contributed by atoms with Gasteiger partial charge in [0.05, 0.1) is 6.20 Å². The molecule has 1 aliphatic heterocycles. The van der Waals surface area contributed by atoms with Gasteiger partial charge in [-0.3, -0.25) is 9.48 Å². The third kappa shape index (κ3) is 5.53. The monoisotopic (exact) mass is 481 g/mol. The molecule has 6 nitrogen and oxygen atoms in total. The van der Waals surface area contributed by atoms with E-state index in [0.717, 1.165) is 41.3 Å². The SMILES string of the molecule is Cn1ncc(-c2ccc3cnc(NC(=O)C4CCC(F)(F)CC4)cc3c2)c1CCC1CCCCN1. The zero-order chi connectivity index (χ0) is 24.4. The average Bonchev–Trinajstić information content (AvgIpc) is 3.23. The van der Waals surface area contributed by atoms with Gasteiger partial charge < -0.3 is 10.6 Å². The van der Waals surface area contributed by atoms with Crippen LogP contribution in [-0.4, -0.2) is 39.2 Å². The number of hydrogen-bond donors (Lipinski definition) is 2. The number of rotatable bonds is 6. The Hall–Kier alpha value is -2.87. The van der Waals surface area contributed by atoms with Crippen LogP contribution in [0.25, 0.3) is 21.9 Å². The molecule has 1 atom stereocenters. The van der Waals surface area contributed by atoms with Gasteiger partial charge in [-0.05, 0) is 68.2 Å². The van der Waals surface area contributed by atoms with Crippen LogP contribution in [0.4, 0.5) is 14.6 Å². The largest absolute Gasteiger partial charge is 0.314 e. The molecular formula is C27H33F2N5O. The summed E-state index contributed by atoms with van der Waals surface area (Å²) < 4.78 is 28.8. The summed E-state index contributed by atoms with van der Waals surface area (Å²) in [5.74, 6) is -2.82. The normalized spacial score (nSPS) is 20.7. The Morgan fingerprint density at radius 3 is 2.74 bits per heavy atom. The molecule has 2 fully saturated rings. The van der Waals surface area contributed by atoms with Crippen LogP contribution >= 0.6 is 0 Å². The maximum Gasteiger partial charge on any atom is 0.248 e. The molecule has 1 aromatic carbocycles. The van der Waals surface area contributed by atoms with Crippen molar-refractivity contribution in [2.24, 2.45) is 13.0 Å². The molecule has 1 unspecified atom stereocenters. The molecule has 1 aliphatic carbocycles. The van der Waals surface area contributed by atoms with Gasteiger partial charge in [0.15, 0.2) is 0 Å². The number of halogens is 2. The number of piperidine rings is 1. The van der Waals surface area contributed by atoms with E-state index in [2.05, 4.69) is 32.8 Å². The zero-order valence-corrected chi connectivity index (χ0v) is 20.2. The predicted molar refractivity (Wildman–Crippen MR) is 133 cm³/mol. The summed E-state index contributed by atoms with van der Waals surface area (Å²) in [4.78, 5) is 17.0. The van der Waals surface area contributed by atoms with Gasteiger partial charge in [0.25, 0.3) is 0 Å². The van der Waals surface area contributed by atoms with Crippen molar-refractivity contribution in [2.45, 2.75) is 69.8 Å². The van der Waals surface area contributed by atoms with Gasteiger partial charge in [0.2, 0.25) is 11.8 Å². The van der Waals surface area contributed by atoms with E-state index in [9.17, 15) is 13.6 Å². The Labute approximate surface area is 204 Å². The molecule has 1 amide bonds. The molecule has 1 saturated heterocycles. The third-order valence-corrected chi connectivity index (χ3v) is 7.58. The topological polar surface area (TPSA) is 71.8 Å². The minimum absolute atomic E-state index is 0.205. The van der Waals surface area contributed by atoms with E-state index in [1.54, 1.807) is 6.20 Å². The highest BCUT2D eigenvalue weighted by Crippen LogP contribution is 2.36. The number of nitrogens with one attached hydrogen (secondary N) is 2. The van der Waals surface area contributed by atoms with Gasteiger partial charge in [0.1, 0.15) is 5.82 Å². The van der Waals surface area contributed by atoms with Gasteiger partial charge in [-0.2, -0.15) is 5.10 Å². The number of carbonyl (C=O) groups excluding carboxylic acids is 1. The maximum absolute atomic E-state index is 13.4. The second-order valence-electron chi connectivity index (χ2n) is 10.1. The molecule has 186 valence electrons. The summed E-state index contributed by atoms with van der Waals surface area (Å²) in [6, 6.07) is 8.65. The lowest BCUT2D eigenvalue weighted by molar-refractivity contribution is -0.124. The van der Waals surface area contributed by atoms with E-state index < -0.39 is 11.8 Å². The quantitative estimate of drug-likeness (QED) is 0.490. The van der Waals surface area contributed by atoms with Crippen molar-refractivity contribution in [3.8, 4) is 11.1 Å². The summed E-state index contributed by atoms with van der Waals surface area (Å²) in [6.07, 6.45) is 9.44. The fourth-order valence-corrected chi connectivity index (χ4v) is 5.39. The lowest BCUT2D eigenvalue weighted by Gasteiger charge is -2.27. The van der Waals surface area contributed by atoms with Crippen molar-refractivity contribution >= 4 is 22.5 Å². The molecular weight excluding hydrogens is 448 g/mol. The number of carbonyl (C=O) groups is 1. The van der Waals surface area contributed by atoms with E-state index in [1.165, 1.54) is 25.0 Å². The van der Waals surface area contributed by atoms with E-state index >= 15 is 0 Å². The fourth-order valence-electron chi connectivity index (χ4n) is 5.39. The summed E-state index contributed by atoms with van der Waals surface area (Å²) in [5, 5.41) is 12.9. The molecule has 2 aliphatic rings. The van der Waals surface area contributed by atoms with Crippen LogP contribution in [-0.2, 0) is 18.3 Å². The van der Waals surface area contributed by atoms with E-state index in [1.807, 2.05) is 30.1 Å². The van der Waals surface area contributed by atoms with Crippen molar-refractivity contribution in [1.82, 2.24) is 20.1 Å². The smallest absolute Gasteiger partial charge is 0.248 e. The molecule has 0 spiro atoms. The lowest BCUT2D eigenvalue weighted by Crippen LogP contribution is -2.34. The van der Waals surface area contributed by atoms with Gasteiger partial charge in [-0.25, -0.2) is 13.8 Å². The number of amides is 1. The highest BCUT2D eigenvalue weighted by molar-refractivity contribution is 5.95. The first-order valence-electron chi connectivity index (χ1n) is 12.7. The Morgan fingerprint density at radius 2 is 1.97 bits per heavy atom. The summed E-state index contributed by atoms with van der Waals surface area (Å²) in [7, 11) is 1.99. The number of aryl methyl sites for hydroxylation is 1. The number of pyridine rings is 1. The Morgan fingerprint density at radius 1 is 1.14 bits per heavy atom. The number of nitrogens with zero attached hydrogens (tertiary/aromatic N) is 3. The van der Waals surface area contributed by atoms with Crippen LogP contribution in [0.2, 0.25) is 0 Å². The number of fused-ring (bicyclic) bond motifs is 1. The standard InChI is InChI=1S/C27H33F2N5O/c1-34-24(8-7-22-4-2-3-13-30-22)23(17-32-34)19-5-6-20-16-31-25(15-21(20)14-19)33-26(35)18-9-11-27(28,29)12-10-18/h5-6,14-18,22,30H,2-4,7-13H2,1H3,(H,31,33,35). The number of alkyl halides is 2. The molecule has 5 rings (SSSR count). The van der Waals surface area contributed by atoms with Crippen molar-refractivity contribution in [3.05, 3.63) is 42.4 Å². The third-order valence-electron chi connectivity index (χ3n) is 7.58. The van der Waals surface area contributed by atoms with Gasteiger partial charge in [-0.15, -0.1) is 0 Å². The first-order chi connectivity index (χ1) is 16.9. The lowest BCUT2D eigenvalue weighted by atomic mass is 9.86. The van der Waals surface area contributed by atoms with Crippen LogP contribution in [0.5, 0.6) is 0 Å². The number of anilines is 1. The van der Waals surface area contributed by atoms with E-state index in [-0.39, 0.29) is 31.6 Å². The molecule has 3 heterocycles. The summed E-state index contributed by atoms with van der Waals surface area (Å²) >= 11 is 0. The van der Waals surface area contributed by atoms with Crippen molar-refractivity contribution in [1.29, 1.82) is 0 Å². The van der Waals surface area contributed by atoms with Gasteiger partial charge >= 0.3 is 0 Å². The molecule has 0 bridgehead atoms. The van der Waals surface area contributed by atoms with Crippen LogP contribution < -0.4 is 10.6 Å². The minimum atomic E-state index is -2.65. The van der Waals surface area contributed by atoms with E-state index in [0.29, 0.717) is 11.9 Å². The van der Waals surface area contributed by atoms with Crippen LogP contribution in [0.1, 0.15) is 57.1 Å². The van der Waals surface area contributed by atoms with Crippen molar-refractivity contribution in [2.75, 3.05) is 11.9 Å². The molecule has 0 radical (unpaired) electrons. The summed E-state index contributed by atoms with van der Waals surface area (Å²) in [5.41, 5.74) is 3.42. The first-order valence-corrected chi connectivity index (χ1v) is 12.7. The Bertz CT molecular complexity index is 1190. The van der Waals surface area contributed by atoms with Crippen LogP contribution in [0, 0.1) is 5.92 Å². The second-order valence-corrected chi connectivity index (χ2v) is 10.1.